The fourth-order valence-corrected chi connectivity index (χ4v) is 3.32. The second-order valence-corrected chi connectivity index (χ2v) is 8.00. The molecule has 2 heteroatoms. The Balaban J connectivity index is 2.19. The monoisotopic (exact) mass is 288 g/mol. The van der Waals surface area contributed by atoms with E-state index in [1.54, 1.807) is 0 Å². The van der Waals surface area contributed by atoms with Gasteiger partial charge in [-0.3, -0.25) is 4.90 Å². The maximum Gasteiger partial charge on any atom is 0.0273 e. The molecule has 2 nitrogen and oxygen atoms in total. The van der Waals surface area contributed by atoms with Gasteiger partial charge in [-0.1, -0.05) is 58.9 Å². The number of hydrogen-bond acceptors (Lipinski definition) is 2. The molecule has 2 atom stereocenters. The van der Waals surface area contributed by atoms with Crippen LogP contribution in [0.15, 0.2) is 24.3 Å². The van der Waals surface area contributed by atoms with Gasteiger partial charge in [-0.05, 0) is 29.4 Å². The highest BCUT2D eigenvalue weighted by Crippen LogP contribution is 2.29. The van der Waals surface area contributed by atoms with Crippen molar-refractivity contribution in [1.82, 2.24) is 10.2 Å². The summed E-state index contributed by atoms with van der Waals surface area (Å²) in [4.78, 5) is 2.70. The topological polar surface area (TPSA) is 15.3 Å². The molecule has 0 bridgehead atoms. The Bertz CT molecular complexity index is 459. The average Bonchev–Trinajstić information content (AvgIpc) is 2.40. The van der Waals surface area contributed by atoms with Gasteiger partial charge in [-0.25, -0.2) is 0 Å². The lowest BCUT2D eigenvalue weighted by atomic mass is 9.82. The molecule has 0 spiro atoms. The zero-order chi connectivity index (χ0) is 15.6. The first kappa shape index (κ1) is 16.5. The van der Waals surface area contributed by atoms with E-state index < -0.39 is 0 Å². The first-order valence-corrected chi connectivity index (χ1v) is 8.31. The summed E-state index contributed by atoms with van der Waals surface area (Å²) >= 11 is 0. The van der Waals surface area contributed by atoms with Crippen LogP contribution in [0.1, 0.15) is 45.7 Å². The van der Waals surface area contributed by atoms with Crippen molar-refractivity contribution in [3.05, 3.63) is 35.4 Å². The van der Waals surface area contributed by atoms with Gasteiger partial charge in [0.15, 0.2) is 0 Å². The lowest BCUT2D eigenvalue weighted by molar-refractivity contribution is 0.0399. The van der Waals surface area contributed by atoms with Gasteiger partial charge in [0.25, 0.3) is 0 Å². The van der Waals surface area contributed by atoms with E-state index in [0.29, 0.717) is 23.4 Å². The van der Waals surface area contributed by atoms with Crippen molar-refractivity contribution >= 4 is 0 Å². The van der Waals surface area contributed by atoms with Crippen LogP contribution in [0.3, 0.4) is 0 Å². The Morgan fingerprint density at radius 3 is 2.48 bits per heavy atom. The van der Waals surface area contributed by atoms with Crippen LogP contribution < -0.4 is 5.32 Å². The summed E-state index contributed by atoms with van der Waals surface area (Å²) in [5.74, 6) is 0.685. The SMILES string of the molecule is Cc1ccccc1CN1CC(C(C)C)NCC1C(C)(C)C. The molecule has 1 aromatic rings. The van der Waals surface area contributed by atoms with Crippen LogP contribution in [0.2, 0.25) is 0 Å². The first-order chi connectivity index (χ1) is 9.79. The van der Waals surface area contributed by atoms with Crippen molar-refractivity contribution < 1.29 is 0 Å². The van der Waals surface area contributed by atoms with Gasteiger partial charge in [-0.2, -0.15) is 0 Å². The predicted octanol–water partition coefficient (Wildman–Crippen LogP) is 3.84. The molecule has 1 aromatic carbocycles. The molecular formula is C19H32N2. The quantitative estimate of drug-likeness (QED) is 0.909. The molecule has 1 aliphatic heterocycles. The van der Waals surface area contributed by atoms with Crippen molar-refractivity contribution in [3.63, 3.8) is 0 Å². The lowest BCUT2D eigenvalue weighted by Gasteiger charge is -2.47. The van der Waals surface area contributed by atoms with E-state index in [4.69, 9.17) is 0 Å². The molecule has 1 heterocycles. The number of piperazine rings is 1. The number of nitrogens with one attached hydrogen (secondary N) is 1. The molecule has 2 unspecified atom stereocenters. The fourth-order valence-electron chi connectivity index (χ4n) is 3.32. The molecule has 0 radical (unpaired) electrons. The Morgan fingerprint density at radius 1 is 1.24 bits per heavy atom. The maximum atomic E-state index is 3.76. The van der Waals surface area contributed by atoms with Crippen LogP contribution in [-0.2, 0) is 6.54 Å². The lowest BCUT2D eigenvalue weighted by Crippen LogP contribution is -2.61. The molecule has 2 rings (SSSR count). The molecule has 1 aliphatic rings. The first-order valence-electron chi connectivity index (χ1n) is 8.31. The summed E-state index contributed by atoms with van der Waals surface area (Å²) in [6.45, 7) is 17.3. The summed E-state index contributed by atoms with van der Waals surface area (Å²) in [5.41, 5.74) is 3.18. The minimum absolute atomic E-state index is 0.303. The smallest absolute Gasteiger partial charge is 0.0273 e. The highest BCUT2D eigenvalue weighted by atomic mass is 15.2. The van der Waals surface area contributed by atoms with Crippen molar-refractivity contribution in [2.75, 3.05) is 13.1 Å². The van der Waals surface area contributed by atoms with Crippen molar-refractivity contribution in [1.29, 1.82) is 0 Å². The number of aryl methyl sites for hydroxylation is 1. The second kappa shape index (κ2) is 6.50. The van der Waals surface area contributed by atoms with Crippen LogP contribution in [0.5, 0.6) is 0 Å². The second-order valence-electron chi connectivity index (χ2n) is 8.00. The summed E-state index contributed by atoms with van der Waals surface area (Å²) in [6.07, 6.45) is 0. The molecule has 0 aromatic heterocycles. The Kier molecular flexibility index (Phi) is 5.11. The number of benzene rings is 1. The van der Waals surface area contributed by atoms with E-state index in [1.807, 2.05) is 0 Å². The highest BCUT2D eigenvalue weighted by Gasteiger charge is 2.36. The number of nitrogens with zero attached hydrogens (tertiary/aromatic N) is 1. The third-order valence-corrected chi connectivity index (χ3v) is 4.88. The van der Waals surface area contributed by atoms with Gasteiger partial charge in [-0.15, -0.1) is 0 Å². The van der Waals surface area contributed by atoms with E-state index in [1.165, 1.54) is 11.1 Å². The Hall–Kier alpha value is -0.860. The van der Waals surface area contributed by atoms with Gasteiger partial charge in [0.1, 0.15) is 0 Å². The molecule has 1 saturated heterocycles. The van der Waals surface area contributed by atoms with Gasteiger partial charge < -0.3 is 5.32 Å². The minimum Gasteiger partial charge on any atom is -0.311 e. The average molecular weight is 288 g/mol. The van der Waals surface area contributed by atoms with E-state index in [9.17, 15) is 0 Å². The minimum atomic E-state index is 0.303. The Labute approximate surface area is 130 Å². The van der Waals surface area contributed by atoms with Crippen molar-refractivity contribution in [2.45, 2.75) is 60.2 Å². The highest BCUT2D eigenvalue weighted by molar-refractivity contribution is 5.25. The molecule has 1 N–H and O–H groups in total. The number of rotatable bonds is 3. The van der Waals surface area contributed by atoms with E-state index in [2.05, 4.69) is 76.0 Å². The summed E-state index contributed by atoms with van der Waals surface area (Å²) in [7, 11) is 0. The summed E-state index contributed by atoms with van der Waals surface area (Å²) in [6, 6.07) is 10.00. The van der Waals surface area contributed by atoms with Crippen molar-refractivity contribution in [3.8, 4) is 0 Å². The van der Waals surface area contributed by atoms with Crippen LogP contribution in [0.25, 0.3) is 0 Å². The van der Waals surface area contributed by atoms with Crippen LogP contribution in [-0.4, -0.2) is 30.1 Å². The molecular weight excluding hydrogens is 256 g/mol. The van der Waals surface area contributed by atoms with Gasteiger partial charge in [0.2, 0.25) is 0 Å². The van der Waals surface area contributed by atoms with E-state index in [-0.39, 0.29) is 0 Å². The van der Waals surface area contributed by atoms with E-state index in [0.717, 1.165) is 19.6 Å². The normalized spacial score (nSPS) is 24.5. The largest absolute Gasteiger partial charge is 0.311 e. The van der Waals surface area contributed by atoms with Crippen LogP contribution in [0, 0.1) is 18.3 Å². The molecule has 0 saturated carbocycles. The molecule has 1 fully saturated rings. The zero-order valence-corrected chi connectivity index (χ0v) is 14.6. The molecule has 21 heavy (non-hydrogen) atoms. The van der Waals surface area contributed by atoms with Crippen molar-refractivity contribution in [2.24, 2.45) is 11.3 Å². The zero-order valence-electron chi connectivity index (χ0n) is 14.6. The van der Waals surface area contributed by atoms with Crippen LogP contribution in [0.4, 0.5) is 0 Å². The van der Waals surface area contributed by atoms with E-state index >= 15 is 0 Å². The van der Waals surface area contributed by atoms with Gasteiger partial charge >= 0.3 is 0 Å². The Morgan fingerprint density at radius 2 is 1.90 bits per heavy atom. The molecule has 0 amide bonds. The summed E-state index contributed by atoms with van der Waals surface area (Å²) in [5, 5.41) is 3.76. The predicted molar refractivity (Wildman–Crippen MR) is 91.5 cm³/mol. The molecule has 118 valence electrons. The summed E-state index contributed by atoms with van der Waals surface area (Å²) < 4.78 is 0. The fraction of sp³-hybridized carbons (Fsp3) is 0.684. The van der Waals surface area contributed by atoms with Crippen LogP contribution >= 0.6 is 0 Å². The maximum absolute atomic E-state index is 3.76. The molecule has 0 aliphatic carbocycles. The standard InChI is InChI=1S/C19H32N2/c1-14(2)17-13-21(18(11-20-17)19(4,5)6)12-16-10-8-7-9-15(16)3/h7-10,14,17-18,20H,11-13H2,1-6H3. The third kappa shape index (κ3) is 4.08. The number of hydrogen-bond donors (Lipinski definition) is 1. The van der Waals surface area contributed by atoms with Gasteiger partial charge in [0, 0.05) is 31.7 Å². The van der Waals surface area contributed by atoms with Gasteiger partial charge in [0.05, 0.1) is 0 Å². The third-order valence-electron chi connectivity index (χ3n) is 4.88.